The van der Waals surface area contributed by atoms with Crippen LogP contribution in [0.25, 0.3) is 0 Å². The largest absolute Gasteiger partial charge is 0.296 e. The molecule has 1 saturated heterocycles. The van der Waals surface area contributed by atoms with Crippen molar-refractivity contribution in [3.8, 4) is 0 Å². The molecule has 2 atom stereocenters. The fourth-order valence-electron chi connectivity index (χ4n) is 2.04. The summed E-state index contributed by atoms with van der Waals surface area (Å²) in [6.07, 6.45) is 0. The van der Waals surface area contributed by atoms with E-state index in [0.29, 0.717) is 0 Å². The molecule has 0 aliphatic carbocycles. The van der Waals surface area contributed by atoms with Gasteiger partial charge in [-0.3, -0.25) is 14.9 Å². The molecule has 0 saturated carbocycles. The number of nitrogens with one attached hydrogen (secondary N) is 1. The van der Waals surface area contributed by atoms with Gasteiger partial charge >= 0.3 is 0 Å². The summed E-state index contributed by atoms with van der Waals surface area (Å²) in [6.45, 7) is 3.75. The summed E-state index contributed by atoms with van der Waals surface area (Å²) in [5.41, 5.74) is 2.01. The van der Waals surface area contributed by atoms with Crippen LogP contribution in [0.4, 0.5) is 0 Å². The Morgan fingerprint density at radius 3 is 2.33 bits per heavy atom. The minimum Gasteiger partial charge on any atom is -0.296 e. The lowest BCUT2D eigenvalue weighted by Crippen LogP contribution is -2.21. The molecule has 1 aliphatic heterocycles. The molecule has 15 heavy (non-hydrogen) atoms. The van der Waals surface area contributed by atoms with E-state index in [1.54, 1.807) is 6.92 Å². The van der Waals surface area contributed by atoms with Crippen molar-refractivity contribution in [1.82, 2.24) is 5.32 Å². The van der Waals surface area contributed by atoms with E-state index < -0.39 is 0 Å². The third kappa shape index (κ3) is 1.54. The van der Waals surface area contributed by atoms with Crippen molar-refractivity contribution in [2.24, 2.45) is 5.92 Å². The van der Waals surface area contributed by atoms with Crippen molar-refractivity contribution < 1.29 is 9.59 Å². The van der Waals surface area contributed by atoms with Crippen molar-refractivity contribution in [3.63, 3.8) is 0 Å². The molecular formula is C12H13NO2. The second kappa shape index (κ2) is 3.50. The molecule has 0 bridgehead atoms. The highest BCUT2D eigenvalue weighted by atomic mass is 16.2. The Bertz CT molecular complexity index is 425. The molecule has 1 heterocycles. The maximum absolute atomic E-state index is 11.6. The summed E-state index contributed by atoms with van der Waals surface area (Å²) in [5, 5.41) is 2.36. The second-order valence-electron chi connectivity index (χ2n) is 3.98. The maximum atomic E-state index is 11.6. The Labute approximate surface area is 88.5 Å². The molecule has 2 amide bonds. The van der Waals surface area contributed by atoms with Crippen LogP contribution in [-0.4, -0.2) is 11.8 Å². The summed E-state index contributed by atoms with van der Waals surface area (Å²) in [7, 11) is 0. The third-order valence-electron chi connectivity index (χ3n) is 2.97. The highest BCUT2D eigenvalue weighted by Crippen LogP contribution is 2.31. The number of hydrogen-bond donors (Lipinski definition) is 1. The summed E-state index contributed by atoms with van der Waals surface area (Å²) in [6, 6.07) is 7.69. The molecule has 3 heteroatoms. The molecule has 0 aromatic heterocycles. The number of imide groups is 1. The van der Waals surface area contributed by atoms with Gasteiger partial charge in [-0.2, -0.15) is 0 Å². The minimum absolute atomic E-state index is 0.173. The number of benzene rings is 1. The molecule has 1 fully saturated rings. The summed E-state index contributed by atoms with van der Waals surface area (Å²) in [5.74, 6) is -0.938. The van der Waals surface area contributed by atoms with Gasteiger partial charge in [-0.25, -0.2) is 0 Å². The molecule has 1 aliphatic rings. The Morgan fingerprint density at radius 2 is 1.80 bits per heavy atom. The fraction of sp³-hybridized carbons (Fsp3) is 0.333. The topological polar surface area (TPSA) is 46.2 Å². The van der Waals surface area contributed by atoms with Gasteiger partial charge in [0.1, 0.15) is 0 Å². The van der Waals surface area contributed by atoms with E-state index in [4.69, 9.17) is 0 Å². The van der Waals surface area contributed by atoms with E-state index in [-0.39, 0.29) is 23.7 Å². The third-order valence-corrected chi connectivity index (χ3v) is 2.97. The average Bonchev–Trinajstić information content (AvgIpc) is 2.43. The van der Waals surface area contributed by atoms with Crippen molar-refractivity contribution >= 4 is 11.8 Å². The van der Waals surface area contributed by atoms with Gasteiger partial charge in [-0.05, 0) is 18.1 Å². The second-order valence-corrected chi connectivity index (χ2v) is 3.98. The average molecular weight is 203 g/mol. The van der Waals surface area contributed by atoms with Crippen molar-refractivity contribution in [3.05, 3.63) is 35.4 Å². The van der Waals surface area contributed by atoms with Crippen LogP contribution in [0, 0.1) is 12.8 Å². The standard InChI is InChI=1S/C12H13NO2/c1-7-5-3-4-6-9(7)10-8(2)11(14)13-12(10)15/h3-6,8,10H,1-2H3,(H,13,14,15)/t8-,10+/m0/s1. The number of hydrogen-bond acceptors (Lipinski definition) is 2. The molecule has 3 nitrogen and oxygen atoms in total. The lowest BCUT2D eigenvalue weighted by atomic mass is 9.87. The zero-order chi connectivity index (χ0) is 11.0. The van der Waals surface area contributed by atoms with Gasteiger partial charge in [0.15, 0.2) is 0 Å². The summed E-state index contributed by atoms with van der Waals surface area (Å²) >= 11 is 0. The van der Waals surface area contributed by atoms with Gasteiger partial charge in [0.25, 0.3) is 0 Å². The monoisotopic (exact) mass is 203 g/mol. The number of amides is 2. The maximum Gasteiger partial charge on any atom is 0.234 e. The predicted octanol–water partition coefficient (Wildman–Crippen LogP) is 1.37. The van der Waals surface area contributed by atoms with Crippen LogP contribution < -0.4 is 5.32 Å². The van der Waals surface area contributed by atoms with Crippen LogP contribution in [0.1, 0.15) is 24.0 Å². The molecule has 1 aromatic rings. The number of aryl methyl sites for hydroxylation is 1. The Balaban J connectivity index is 2.43. The van der Waals surface area contributed by atoms with E-state index in [1.807, 2.05) is 31.2 Å². The SMILES string of the molecule is Cc1ccccc1[C@@H]1C(=O)NC(=O)[C@H]1C. The van der Waals surface area contributed by atoms with Crippen molar-refractivity contribution in [2.45, 2.75) is 19.8 Å². The van der Waals surface area contributed by atoms with E-state index in [9.17, 15) is 9.59 Å². The van der Waals surface area contributed by atoms with Crippen LogP contribution in [0.2, 0.25) is 0 Å². The van der Waals surface area contributed by atoms with Crippen LogP contribution in [-0.2, 0) is 9.59 Å². The van der Waals surface area contributed by atoms with Gasteiger partial charge < -0.3 is 0 Å². The van der Waals surface area contributed by atoms with Crippen LogP contribution in [0.5, 0.6) is 0 Å². The first kappa shape index (κ1) is 9.90. The molecule has 0 spiro atoms. The zero-order valence-corrected chi connectivity index (χ0v) is 8.78. The van der Waals surface area contributed by atoms with Gasteiger partial charge in [-0.1, -0.05) is 31.2 Å². The Hall–Kier alpha value is -1.64. The lowest BCUT2D eigenvalue weighted by Gasteiger charge is -2.13. The molecule has 1 aromatic carbocycles. The molecular weight excluding hydrogens is 190 g/mol. The first-order valence-electron chi connectivity index (χ1n) is 5.01. The van der Waals surface area contributed by atoms with E-state index in [2.05, 4.69) is 5.32 Å². The highest BCUT2D eigenvalue weighted by molar-refractivity contribution is 6.07. The van der Waals surface area contributed by atoms with E-state index in [1.165, 1.54) is 0 Å². The quantitative estimate of drug-likeness (QED) is 0.701. The number of rotatable bonds is 1. The molecule has 0 radical (unpaired) electrons. The van der Waals surface area contributed by atoms with Crippen molar-refractivity contribution in [1.29, 1.82) is 0 Å². The number of carbonyl (C=O) groups is 2. The molecule has 2 rings (SSSR count). The normalized spacial score (nSPS) is 25.5. The summed E-state index contributed by atoms with van der Waals surface area (Å²) in [4.78, 5) is 23.0. The number of carbonyl (C=O) groups excluding carboxylic acids is 2. The van der Waals surface area contributed by atoms with Crippen LogP contribution in [0.3, 0.4) is 0 Å². The van der Waals surface area contributed by atoms with Gasteiger partial charge in [-0.15, -0.1) is 0 Å². The smallest absolute Gasteiger partial charge is 0.234 e. The van der Waals surface area contributed by atoms with Gasteiger partial charge in [0.05, 0.1) is 11.8 Å². The van der Waals surface area contributed by atoms with Crippen LogP contribution in [0.15, 0.2) is 24.3 Å². The van der Waals surface area contributed by atoms with Crippen LogP contribution >= 0.6 is 0 Å². The molecule has 0 unspecified atom stereocenters. The molecule has 78 valence electrons. The fourth-order valence-corrected chi connectivity index (χ4v) is 2.04. The Morgan fingerprint density at radius 1 is 1.13 bits per heavy atom. The highest BCUT2D eigenvalue weighted by Gasteiger charge is 2.39. The van der Waals surface area contributed by atoms with Crippen molar-refractivity contribution in [2.75, 3.05) is 0 Å². The first-order chi connectivity index (χ1) is 7.11. The van der Waals surface area contributed by atoms with E-state index >= 15 is 0 Å². The van der Waals surface area contributed by atoms with Gasteiger partial charge in [0.2, 0.25) is 11.8 Å². The minimum atomic E-state index is -0.321. The Kier molecular flexibility index (Phi) is 2.31. The zero-order valence-electron chi connectivity index (χ0n) is 8.78. The summed E-state index contributed by atoms with van der Waals surface area (Å²) < 4.78 is 0. The van der Waals surface area contributed by atoms with E-state index in [0.717, 1.165) is 11.1 Å². The predicted molar refractivity (Wildman–Crippen MR) is 56.2 cm³/mol. The lowest BCUT2D eigenvalue weighted by molar-refractivity contribution is -0.125. The first-order valence-corrected chi connectivity index (χ1v) is 5.01. The van der Waals surface area contributed by atoms with Gasteiger partial charge in [0, 0.05) is 0 Å². The molecule has 1 N–H and O–H groups in total.